The van der Waals surface area contributed by atoms with E-state index in [0.29, 0.717) is 12.3 Å². The zero-order valence-corrected chi connectivity index (χ0v) is 20.0. The summed E-state index contributed by atoms with van der Waals surface area (Å²) in [5, 5.41) is 3.76. The lowest BCUT2D eigenvalue weighted by Gasteiger charge is -2.28. The quantitative estimate of drug-likeness (QED) is 0.403. The number of nitrogens with two attached hydrogens (primary N) is 1. The van der Waals surface area contributed by atoms with E-state index in [1.807, 2.05) is 42.4 Å². The van der Waals surface area contributed by atoms with E-state index in [1.54, 1.807) is 5.06 Å². The molecule has 1 atom stereocenters. The number of hydrogen-bond acceptors (Lipinski definition) is 8. The summed E-state index contributed by atoms with van der Waals surface area (Å²) >= 11 is 0. The van der Waals surface area contributed by atoms with Crippen molar-refractivity contribution in [2.24, 2.45) is 10.7 Å². The third-order valence-corrected chi connectivity index (χ3v) is 5.77. The van der Waals surface area contributed by atoms with E-state index in [-0.39, 0.29) is 12.7 Å². The largest absolute Gasteiger partial charge is 0.509 e. The number of aliphatic imine (C=N–C) groups is 1. The minimum absolute atomic E-state index is 0.243. The highest BCUT2D eigenvalue weighted by Crippen LogP contribution is 2.33. The fourth-order valence-corrected chi connectivity index (χ4v) is 4.05. The molecule has 2 aliphatic rings. The van der Waals surface area contributed by atoms with E-state index in [2.05, 4.69) is 37.0 Å². The summed E-state index contributed by atoms with van der Waals surface area (Å²) in [6.45, 7) is 6.25. The number of rotatable bonds is 9. The third kappa shape index (κ3) is 5.58. The number of ether oxygens (including phenoxy) is 2. The summed E-state index contributed by atoms with van der Waals surface area (Å²) in [6.07, 6.45) is 3.64. The molecule has 0 radical (unpaired) electrons. The van der Waals surface area contributed by atoms with Crippen molar-refractivity contribution in [1.82, 2.24) is 10.1 Å². The topological polar surface area (TPSA) is 89.6 Å². The van der Waals surface area contributed by atoms with Crippen LogP contribution < -0.4 is 5.73 Å². The van der Waals surface area contributed by atoms with Crippen LogP contribution in [0.5, 0.6) is 0 Å². The average Bonchev–Trinajstić information content (AvgIpc) is 3.18. The number of fused-ring (bicyclic) bond motifs is 1. The van der Waals surface area contributed by atoms with Gasteiger partial charge in [0, 0.05) is 32.1 Å². The molecule has 1 saturated heterocycles. The van der Waals surface area contributed by atoms with Gasteiger partial charge in [0.05, 0.1) is 11.4 Å². The predicted octanol–water partition coefficient (Wildman–Crippen LogP) is 5.20. The van der Waals surface area contributed by atoms with Crippen molar-refractivity contribution >= 4 is 23.8 Å². The van der Waals surface area contributed by atoms with Crippen LogP contribution in [0.1, 0.15) is 50.3 Å². The van der Waals surface area contributed by atoms with E-state index >= 15 is 0 Å². The SMILES string of the molecule is CCCN(CCC)ON(C)C1=Cc2ccc(-c3ccc(C4COC(=O)O4)cc3)cc2N=C(N)C1. The first-order chi connectivity index (χ1) is 16.5. The Morgan fingerprint density at radius 3 is 2.44 bits per heavy atom. The van der Waals surface area contributed by atoms with Gasteiger partial charge in [-0.2, -0.15) is 10.0 Å². The van der Waals surface area contributed by atoms with Crippen LogP contribution in [0.3, 0.4) is 0 Å². The van der Waals surface area contributed by atoms with E-state index in [0.717, 1.165) is 59.6 Å². The van der Waals surface area contributed by atoms with E-state index in [9.17, 15) is 4.79 Å². The number of carbonyl (C=O) groups excluding carboxylic acids is 1. The number of benzene rings is 2. The van der Waals surface area contributed by atoms with E-state index in [1.165, 1.54) is 0 Å². The van der Waals surface area contributed by atoms with Crippen molar-refractivity contribution in [2.75, 3.05) is 26.7 Å². The molecule has 0 saturated carbocycles. The number of hydroxylamine groups is 4. The number of cyclic esters (lactones) is 2. The van der Waals surface area contributed by atoms with Crippen molar-refractivity contribution in [3.05, 3.63) is 59.3 Å². The van der Waals surface area contributed by atoms with Crippen LogP contribution in [0.15, 0.2) is 53.2 Å². The summed E-state index contributed by atoms with van der Waals surface area (Å²) in [7, 11) is 1.91. The molecule has 2 N–H and O–H groups in total. The molecule has 1 unspecified atom stereocenters. The fourth-order valence-electron chi connectivity index (χ4n) is 4.05. The Morgan fingerprint density at radius 1 is 1.09 bits per heavy atom. The Bertz CT molecular complexity index is 1070. The standard InChI is InChI=1S/C26H32N4O4/c1-4-12-30(13-5-2)34-29(3)22-14-21-11-10-20(15-23(21)28-25(27)16-22)18-6-8-19(9-7-18)24-17-32-26(31)33-24/h6-11,14-15,24H,4-5,12-13,16-17H2,1-3H3,(H2,27,28). The second-order valence-corrected chi connectivity index (χ2v) is 8.49. The van der Waals surface area contributed by atoms with Crippen molar-refractivity contribution in [3.63, 3.8) is 0 Å². The van der Waals surface area contributed by atoms with Crippen molar-refractivity contribution < 1.29 is 19.2 Å². The first-order valence-corrected chi connectivity index (χ1v) is 11.7. The first-order valence-electron chi connectivity index (χ1n) is 11.7. The second kappa shape index (κ2) is 10.7. The minimum Gasteiger partial charge on any atom is -0.430 e. The molecule has 2 aromatic rings. The molecule has 0 aliphatic carbocycles. The highest BCUT2D eigenvalue weighted by Gasteiger charge is 2.26. The molecule has 8 heteroatoms. The van der Waals surface area contributed by atoms with E-state index < -0.39 is 6.16 Å². The van der Waals surface area contributed by atoms with Gasteiger partial charge in [-0.3, -0.25) is 0 Å². The molecule has 0 spiro atoms. The van der Waals surface area contributed by atoms with Crippen molar-refractivity contribution in [2.45, 2.75) is 39.2 Å². The maximum atomic E-state index is 11.2. The summed E-state index contributed by atoms with van der Waals surface area (Å²) in [5.41, 5.74) is 12.0. The van der Waals surface area contributed by atoms with Crippen LogP contribution >= 0.6 is 0 Å². The molecule has 180 valence electrons. The summed E-state index contributed by atoms with van der Waals surface area (Å²) in [4.78, 5) is 22.0. The zero-order valence-electron chi connectivity index (χ0n) is 20.0. The summed E-state index contributed by atoms with van der Waals surface area (Å²) < 4.78 is 10.0. The molecule has 2 heterocycles. The first kappa shape index (κ1) is 23.8. The molecule has 2 aliphatic heterocycles. The van der Waals surface area contributed by atoms with Gasteiger partial charge in [0.2, 0.25) is 0 Å². The fraction of sp³-hybridized carbons (Fsp3) is 0.385. The van der Waals surface area contributed by atoms with Gasteiger partial charge in [-0.15, -0.1) is 0 Å². The Hall–Kier alpha value is -3.36. The highest BCUT2D eigenvalue weighted by molar-refractivity contribution is 5.90. The maximum absolute atomic E-state index is 11.2. The van der Waals surface area contributed by atoms with Crippen molar-refractivity contribution in [1.29, 1.82) is 0 Å². The Kier molecular flexibility index (Phi) is 7.49. The molecule has 34 heavy (non-hydrogen) atoms. The molecular weight excluding hydrogens is 432 g/mol. The van der Waals surface area contributed by atoms with Gasteiger partial charge in [-0.1, -0.05) is 50.2 Å². The number of nitrogens with zero attached hydrogens (tertiary/aromatic N) is 3. The van der Waals surface area contributed by atoms with Gasteiger partial charge in [0.1, 0.15) is 12.4 Å². The number of hydrogen-bond donors (Lipinski definition) is 1. The molecular formula is C26H32N4O4. The predicted molar refractivity (Wildman–Crippen MR) is 132 cm³/mol. The van der Waals surface area contributed by atoms with Crippen LogP contribution in [0.2, 0.25) is 0 Å². The lowest BCUT2D eigenvalue weighted by atomic mass is 9.99. The van der Waals surface area contributed by atoms with Crippen LogP contribution in [0, 0.1) is 0 Å². The van der Waals surface area contributed by atoms with Gasteiger partial charge in [-0.25, -0.2) is 14.9 Å². The average molecular weight is 465 g/mol. The molecule has 0 amide bonds. The summed E-state index contributed by atoms with van der Waals surface area (Å²) in [5.74, 6) is 0.536. The molecule has 2 aromatic carbocycles. The van der Waals surface area contributed by atoms with Crippen molar-refractivity contribution in [3.8, 4) is 11.1 Å². The van der Waals surface area contributed by atoms with Gasteiger partial charge >= 0.3 is 6.16 Å². The Balaban J connectivity index is 1.54. The van der Waals surface area contributed by atoms with Crippen LogP contribution in [0.25, 0.3) is 17.2 Å². The van der Waals surface area contributed by atoms with Gasteiger partial charge in [0.25, 0.3) is 0 Å². The molecule has 0 bridgehead atoms. The molecule has 0 aromatic heterocycles. The normalized spacial score (nSPS) is 17.4. The zero-order chi connectivity index (χ0) is 24.1. The third-order valence-electron chi connectivity index (χ3n) is 5.77. The second-order valence-electron chi connectivity index (χ2n) is 8.49. The molecule has 4 rings (SSSR count). The van der Waals surface area contributed by atoms with Crippen LogP contribution in [-0.2, 0) is 14.4 Å². The van der Waals surface area contributed by atoms with Gasteiger partial charge in [0.15, 0.2) is 6.10 Å². The van der Waals surface area contributed by atoms with Gasteiger partial charge in [-0.05, 0) is 41.7 Å². The van der Waals surface area contributed by atoms with Crippen LogP contribution in [-0.4, -0.2) is 48.9 Å². The number of carbonyl (C=O) groups is 1. The highest BCUT2D eigenvalue weighted by atomic mass is 16.8. The lowest BCUT2D eigenvalue weighted by Crippen LogP contribution is -2.34. The Morgan fingerprint density at radius 2 is 1.79 bits per heavy atom. The Labute approximate surface area is 200 Å². The maximum Gasteiger partial charge on any atom is 0.509 e. The minimum atomic E-state index is -0.623. The smallest absolute Gasteiger partial charge is 0.430 e. The molecule has 8 nitrogen and oxygen atoms in total. The lowest BCUT2D eigenvalue weighted by molar-refractivity contribution is -0.299. The van der Waals surface area contributed by atoms with Gasteiger partial charge < -0.3 is 15.2 Å². The molecule has 1 fully saturated rings. The number of amidine groups is 1. The van der Waals surface area contributed by atoms with E-state index in [4.69, 9.17) is 20.1 Å². The monoisotopic (exact) mass is 464 g/mol. The summed E-state index contributed by atoms with van der Waals surface area (Å²) in [6, 6.07) is 14.1. The van der Waals surface area contributed by atoms with Crippen LogP contribution in [0.4, 0.5) is 10.5 Å².